The third-order valence-electron chi connectivity index (χ3n) is 3.56. The number of ether oxygens (including phenoxy) is 1. The maximum absolute atomic E-state index is 14.1. The summed E-state index contributed by atoms with van der Waals surface area (Å²) >= 11 is 0. The van der Waals surface area contributed by atoms with Gasteiger partial charge in [-0.25, -0.2) is 9.18 Å². The van der Waals surface area contributed by atoms with Crippen molar-refractivity contribution in [1.29, 1.82) is 0 Å². The minimum atomic E-state index is -0.513. The van der Waals surface area contributed by atoms with Crippen molar-refractivity contribution in [2.75, 3.05) is 18.8 Å². The van der Waals surface area contributed by atoms with Crippen LogP contribution in [-0.2, 0) is 4.74 Å². The molecule has 22 heavy (non-hydrogen) atoms. The van der Waals surface area contributed by atoms with Gasteiger partial charge >= 0.3 is 6.09 Å². The molecular formula is C17H23FN2O2. The zero-order valence-electron chi connectivity index (χ0n) is 13.6. The lowest BCUT2D eigenvalue weighted by Crippen LogP contribution is -2.39. The third-order valence-corrected chi connectivity index (χ3v) is 3.56. The average Bonchev–Trinajstić information content (AvgIpc) is 2.41. The van der Waals surface area contributed by atoms with Crippen molar-refractivity contribution in [1.82, 2.24) is 4.90 Å². The smallest absolute Gasteiger partial charge is 0.410 e. The molecule has 2 rings (SSSR count). The van der Waals surface area contributed by atoms with Gasteiger partial charge in [0.05, 0.1) is 0 Å². The highest BCUT2D eigenvalue weighted by Crippen LogP contribution is 2.28. The van der Waals surface area contributed by atoms with Crippen molar-refractivity contribution in [2.24, 2.45) is 0 Å². The molecule has 1 aliphatic rings. The number of anilines is 1. The molecule has 0 spiro atoms. The van der Waals surface area contributed by atoms with Crippen LogP contribution in [0.5, 0.6) is 0 Å². The number of benzene rings is 1. The Morgan fingerprint density at radius 3 is 2.59 bits per heavy atom. The Morgan fingerprint density at radius 2 is 2.05 bits per heavy atom. The molecule has 0 unspecified atom stereocenters. The molecule has 4 nitrogen and oxygen atoms in total. The van der Waals surface area contributed by atoms with E-state index in [0.29, 0.717) is 30.8 Å². The first kappa shape index (κ1) is 16.3. The summed E-state index contributed by atoms with van der Waals surface area (Å²) in [4.78, 5) is 13.6. The monoisotopic (exact) mass is 306 g/mol. The molecule has 0 fully saturated rings. The van der Waals surface area contributed by atoms with Crippen LogP contribution in [0.3, 0.4) is 0 Å². The first-order valence-electron chi connectivity index (χ1n) is 7.40. The fraction of sp³-hybridized carbons (Fsp3) is 0.471. The number of nitrogens with two attached hydrogens (primary N) is 1. The summed E-state index contributed by atoms with van der Waals surface area (Å²) in [6.45, 7) is 8.30. The second-order valence-electron chi connectivity index (χ2n) is 6.59. The standard InChI is InChI=1S/C17H23FN2O2/c1-11-9-13(14(18)10-15(11)19)12-5-7-20(8-6-12)16(21)22-17(2,3)4/h5,9-10H,6-8,19H2,1-4H3. The Labute approximate surface area is 130 Å². The Balaban J connectivity index is 2.12. The topological polar surface area (TPSA) is 55.6 Å². The summed E-state index contributed by atoms with van der Waals surface area (Å²) < 4.78 is 19.4. The number of halogens is 1. The lowest BCUT2D eigenvalue weighted by molar-refractivity contribution is 0.0270. The number of nitrogens with zero attached hydrogens (tertiary/aromatic N) is 1. The molecule has 5 heteroatoms. The molecule has 0 aliphatic carbocycles. The molecule has 0 aromatic heterocycles. The zero-order valence-corrected chi connectivity index (χ0v) is 13.6. The zero-order chi connectivity index (χ0) is 16.5. The SMILES string of the molecule is Cc1cc(C2=CCN(C(=O)OC(C)(C)C)CC2)c(F)cc1N. The number of carbonyl (C=O) groups excluding carboxylic acids is 1. The summed E-state index contributed by atoms with van der Waals surface area (Å²) in [6.07, 6.45) is 2.14. The lowest BCUT2D eigenvalue weighted by Gasteiger charge is -2.29. The van der Waals surface area contributed by atoms with E-state index in [-0.39, 0.29) is 11.9 Å². The summed E-state index contributed by atoms with van der Waals surface area (Å²) in [7, 11) is 0. The highest BCUT2D eigenvalue weighted by atomic mass is 19.1. The maximum Gasteiger partial charge on any atom is 0.410 e. The Kier molecular flexibility index (Phi) is 4.44. The van der Waals surface area contributed by atoms with Crippen molar-refractivity contribution in [3.05, 3.63) is 35.2 Å². The molecule has 0 bridgehead atoms. The van der Waals surface area contributed by atoms with E-state index in [1.165, 1.54) is 6.07 Å². The molecule has 1 aromatic rings. The van der Waals surface area contributed by atoms with E-state index in [2.05, 4.69) is 0 Å². The predicted molar refractivity (Wildman–Crippen MR) is 86.0 cm³/mol. The van der Waals surface area contributed by atoms with Gasteiger partial charge in [0.15, 0.2) is 0 Å². The Hall–Kier alpha value is -2.04. The highest BCUT2D eigenvalue weighted by molar-refractivity contribution is 5.74. The van der Waals surface area contributed by atoms with Gasteiger partial charge < -0.3 is 15.4 Å². The fourth-order valence-electron chi connectivity index (χ4n) is 2.35. The van der Waals surface area contributed by atoms with Crippen LogP contribution in [0.2, 0.25) is 0 Å². The Morgan fingerprint density at radius 1 is 1.36 bits per heavy atom. The van der Waals surface area contributed by atoms with Gasteiger partial charge in [0.25, 0.3) is 0 Å². The van der Waals surface area contributed by atoms with Gasteiger partial charge in [-0.05, 0) is 57.4 Å². The summed E-state index contributed by atoms with van der Waals surface area (Å²) in [5.74, 6) is -0.319. The molecule has 0 saturated heterocycles. The molecule has 1 heterocycles. The number of rotatable bonds is 1. The number of hydrogen-bond acceptors (Lipinski definition) is 3. The summed E-state index contributed by atoms with van der Waals surface area (Å²) in [5, 5.41) is 0. The number of hydrogen-bond donors (Lipinski definition) is 1. The van der Waals surface area contributed by atoms with Crippen LogP contribution in [0.1, 0.15) is 38.3 Å². The van der Waals surface area contributed by atoms with E-state index in [1.807, 2.05) is 33.8 Å². The molecule has 1 aliphatic heterocycles. The molecule has 1 aromatic carbocycles. The van der Waals surface area contributed by atoms with Crippen molar-refractivity contribution >= 4 is 17.4 Å². The second kappa shape index (κ2) is 5.99. The van der Waals surface area contributed by atoms with E-state index >= 15 is 0 Å². The fourth-order valence-corrected chi connectivity index (χ4v) is 2.35. The van der Waals surface area contributed by atoms with E-state index in [0.717, 1.165) is 11.1 Å². The van der Waals surface area contributed by atoms with Gasteiger partial charge in [0.1, 0.15) is 11.4 Å². The van der Waals surface area contributed by atoms with E-state index in [9.17, 15) is 9.18 Å². The van der Waals surface area contributed by atoms with Crippen LogP contribution in [0.25, 0.3) is 5.57 Å². The first-order valence-corrected chi connectivity index (χ1v) is 7.40. The quantitative estimate of drug-likeness (QED) is 0.804. The minimum absolute atomic E-state index is 0.319. The number of amides is 1. The molecule has 0 atom stereocenters. The van der Waals surface area contributed by atoms with Crippen LogP contribution in [-0.4, -0.2) is 29.7 Å². The van der Waals surface area contributed by atoms with Gasteiger partial charge in [-0.3, -0.25) is 0 Å². The van der Waals surface area contributed by atoms with Gasteiger partial charge in [-0.15, -0.1) is 0 Å². The van der Waals surface area contributed by atoms with Gasteiger partial charge in [-0.2, -0.15) is 0 Å². The van der Waals surface area contributed by atoms with Crippen molar-refractivity contribution in [3.63, 3.8) is 0 Å². The van der Waals surface area contributed by atoms with Crippen molar-refractivity contribution in [2.45, 2.75) is 39.7 Å². The van der Waals surface area contributed by atoms with E-state index in [4.69, 9.17) is 10.5 Å². The maximum atomic E-state index is 14.1. The first-order chi connectivity index (χ1) is 10.2. The third kappa shape index (κ3) is 3.78. The van der Waals surface area contributed by atoms with Crippen LogP contribution in [0, 0.1) is 12.7 Å². The van der Waals surface area contributed by atoms with Crippen molar-refractivity contribution in [3.8, 4) is 0 Å². The lowest BCUT2D eigenvalue weighted by atomic mass is 9.97. The van der Waals surface area contributed by atoms with E-state index < -0.39 is 5.60 Å². The molecule has 120 valence electrons. The molecule has 0 saturated carbocycles. The van der Waals surface area contributed by atoms with Crippen LogP contribution in [0.4, 0.5) is 14.9 Å². The Bertz CT molecular complexity index is 618. The van der Waals surface area contributed by atoms with Crippen LogP contribution >= 0.6 is 0 Å². The number of carbonyl (C=O) groups is 1. The summed E-state index contributed by atoms with van der Waals surface area (Å²) in [5.41, 5.74) is 7.97. The largest absolute Gasteiger partial charge is 0.444 e. The average molecular weight is 306 g/mol. The summed E-state index contributed by atoms with van der Waals surface area (Å²) in [6, 6.07) is 3.12. The van der Waals surface area contributed by atoms with Crippen LogP contribution < -0.4 is 5.73 Å². The van der Waals surface area contributed by atoms with Gasteiger partial charge in [0.2, 0.25) is 0 Å². The molecule has 1 amide bonds. The van der Waals surface area contributed by atoms with Crippen LogP contribution in [0.15, 0.2) is 18.2 Å². The van der Waals surface area contributed by atoms with Gasteiger partial charge in [-0.1, -0.05) is 6.08 Å². The van der Waals surface area contributed by atoms with Gasteiger partial charge in [0, 0.05) is 24.3 Å². The normalized spacial score (nSPS) is 15.5. The molecule has 2 N–H and O–H groups in total. The number of aryl methyl sites for hydroxylation is 1. The highest BCUT2D eigenvalue weighted by Gasteiger charge is 2.24. The van der Waals surface area contributed by atoms with E-state index in [1.54, 1.807) is 11.0 Å². The number of nitrogen functional groups attached to an aromatic ring is 1. The predicted octanol–water partition coefficient (Wildman–Crippen LogP) is 3.74. The van der Waals surface area contributed by atoms with Crippen molar-refractivity contribution < 1.29 is 13.9 Å². The molecule has 0 radical (unpaired) electrons. The second-order valence-corrected chi connectivity index (χ2v) is 6.59. The molecular weight excluding hydrogens is 283 g/mol. The minimum Gasteiger partial charge on any atom is -0.444 e.